The summed E-state index contributed by atoms with van der Waals surface area (Å²) in [4.78, 5) is 35.6. The highest BCUT2D eigenvalue weighted by Crippen LogP contribution is 2.26. The maximum atomic E-state index is 13.0. The number of rotatable bonds is 7. The summed E-state index contributed by atoms with van der Waals surface area (Å²) in [6.45, 7) is 0. The first-order valence-electron chi connectivity index (χ1n) is 11.4. The monoisotopic (exact) mass is 446 g/mol. The van der Waals surface area contributed by atoms with Gasteiger partial charge in [-0.15, -0.1) is 0 Å². The van der Waals surface area contributed by atoms with Gasteiger partial charge in [-0.1, -0.05) is 74.6 Å². The SMILES string of the molecule is O=C(O)/C=C\C(=O)Nc1cccc(C(=CC(=O)NC2CCCCCCC2)c2ccccc2)c1. The van der Waals surface area contributed by atoms with Crippen LogP contribution in [0.4, 0.5) is 5.69 Å². The molecule has 1 aliphatic rings. The van der Waals surface area contributed by atoms with Crippen LogP contribution in [0.5, 0.6) is 0 Å². The van der Waals surface area contributed by atoms with E-state index in [9.17, 15) is 14.4 Å². The number of nitrogens with one attached hydrogen (secondary N) is 2. The highest BCUT2D eigenvalue weighted by atomic mass is 16.4. The summed E-state index contributed by atoms with van der Waals surface area (Å²) in [7, 11) is 0. The molecule has 0 bridgehead atoms. The van der Waals surface area contributed by atoms with Crippen molar-refractivity contribution in [1.82, 2.24) is 5.32 Å². The number of aliphatic carboxylic acids is 1. The Morgan fingerprint density at radius 1 is 0.788 bits per heavy atom. The van der Waals surface area contributed by atoms with Crippen molar-refractivity contribution in [2.45, 2.75) is 51.0 Å². The maximum Gasteiger partial charge on any atom is 0.328 e. The highest BCUT2D eigenvalue weighted by molar-refractivity contribution is 6.03. The van der Waals surface area contributed by atoms with Crippen molar-refractivity contribution in [3.63, 3.8) is 0 Å². The summed E-state index contributed by atoms with van der Waals surface area (Å²) in [5.41, 5.74) is 2.92. The minimum absolute atomic E-state index is 0.127. The summed E-state index contributed by atoms with van der Waals surface area (Å²) in [5.74, 6) is -1.86. The third-order valence-electron chi connectivity index (χ3n) is 5.63. The fourth-order valence-corrected chi connectivity index (χ4v) is 4.02. The first kappa shape index (κ1) is 24.0. The van der Waals surface area contributed by atoms with Gasteiger partial charge in [0.15, 0.2) is 0 Å². The summed E-state index contributed by atoms with van der Waals surface area (Å²) in [6.07, 6.45) is 11.4. The number of carboxylic acid groups (broad SMARTS) is 1. The molecule has 3 N–H and O–H groups in total. The molecule has 2 aromatic rings. The third kappa shape index (κ3) is 8.07. The number of carbonyl (C=O) groups excluding carboxylic acids is 2. The summed E-state index contributed by atoms with van der Waals surface area (Å²) >= 11 is 0. The average Bonchev–Trinajstić information content (AvgIpc) is 2.78. The minimum Gasteiger partial charge on any atom is -0.478 e. The van der Waals surface area contributed by atoms with E-state index in [4.69, 9.17) is 5.11 Å². The van der Waals surface area contributed by atoms with Gasteiger partial charge < -0.3 is 15.7 Å². The van der Waals surface area contributed by atoms with E-state index >= 15 is 0 Å². The fraction of sp³-hybridized carbons (Fsp3) is 0.296. The van der Waals surface area contributed by atoms with Gasteiger partial charge in [-0.2, -0.15) is 0 Å². The van der Waals surface area contributed by atoms with E-state index in [2.05, 4.69) is 10.6 Å². The molecule has 1 fully saturated rings. The molecule has 6 heteroatoms. The Morgan fingerprint density at radius 3 is 2.15 bits per heavy atom. The third-order valence-corrected chi connectivity index (χ3v) is 5.63. The second kappa shape index (κ2) is 12.4. The molecule has 0 unspecified atom stereocenters. The van der Waals surface area contributed by atoms with Crippen LogP contribution in [0.2, 0.25) is 0 Å². The van der Waals surface area contributed by atoms with Crippen LogP contribution in [0.15, 0.2) is 72.8 Å². The molecule has 1 saturated carbocycles. The van der Waals surface area contributed by atoms with E-state index in [1.54, 1.807) is 24.3 Å². The molecular weight excluding hydrogens is 416 g/mol. The zero-order chi connectivity index (χ0) is 23.5. The molecule has 0 atom stereocenters. The van der Waals surface area contributed by atoms with Crippen LogP contribution >= 0.6 is 0 Å². The number of anilines is 1. The van der Waals surface area contributed by atoms with E-state index in [1.807, 2.05) is 36.4 Å². The smallest absolute Gasteiger partial charge is 0.328 e. The lowest BCUT2D eigenvalue weighted by Gasteiger charge is -2.20. The van der Waals surface area contributed by atoms with E-state index in [0.717, 1.165) is 54.5 Å². The average molecular weight is 447 g/mol. The Balaban J connectivity index is 1.83. The molecule has 0 radical (unpaired) electrons. The van der Waals surface area contributed by atoms with Gasteiger partial charge in [0.25, 0.3) is 0 Å². The lowest BCUT2D eigenvalue weighted by Crippen LogP contribution is -2.34. The first-order valence-corrected chi connectivity index (χ1v) is 11.4. The number of carbonyl (C=O) groups is 3. The van der Waals surface area contributed by atoms with Crippen molar-refractivity contribution in [1.29, 1.82) is 0 Å². The van der Waals surface area contributed by atoms with Gasteiger partial charge in [-0.25, -0.2) is 4.79 Å². The van der Waals surface area contributed by atoms with Gasteiger partial charge in [0, 0.05) is 30.0 Å². The molecule has 0 spiro atoms. The Labute approximate surface area is 194 Å². The van der Waals surface area contributed by atoms with Gasteiger partial charge in [0.1, 0.15) is 0 Å². The van der Waals surface area contributed by atoms with Gasteiger partial charge >= 0.3 is 5.97 Å². The second-order valence-corrected chi connectivity index (χ2v) is 8.22. The second-order valence-electron chi connectivity index (χ2n) is 8.22. The van der Waals surface area contributed by atoms with Crippen LogP contribution < -0.4 is 10.6 Å². The van der Waals surface area contributed by atoms with Crippen LogP contribution in [-0.4, -0.2) is 28.9 Å². The Hall–Kier alpha value is -3.67. The van der Waals surface area contributed by atoms with E-state index < -0.39 is 11.9 Å². The van der Waals surface area contributed by atoms with Crippen LogP contribution in [0.3, 0.4) is 0 Å². The van der Waals surface area contributed by atoms with E-state index in [-0.39, 0.29) is 11.9 Å². The van der Waals surface area contributed by atoms with Crippen molar-refractivity contribution in [3.8, 4) is 0 Å². The topological polar surface area (TPSA) is 95.5 Å². The van der Waals surface area contributed by atoms with E-state index in [1.165, 1.54) is 19.3 Å². The number of benzene rings is 2. The zero-order valence-corrected chi connectivity index (χ0v) is 18.6. The Bertz CT molecular complexity index is 1020. The summed E-state index contributed by atoms with van der Waals surface area (Å²) < 4.78 is 0. The normalized spacial score (nSPS) is 15.5. The van der Waals surface area contributed by atoms with Gasteiger partial charge in [0.05, 0.1) is 0 Å². The van der Waals surface area contributed by atoms with Crippen molar-refractivity contribution in [2.75, 3.05) is 5.32 Å². The van der Waals surface area contributed by atoms with Gasteiger partial charge in [0.2, 0.25) is 11.8 Å². The zero-order valence-electron chi connectivity index (χ0n) is 18.6. The summed E-state index contributed by atoms with van der Waals surface area (Å²) in [5, 5.41) is 14.5. The quantitative estimate of drug-likeness (QED) is 0.526. The standard InChI is InChI=1S/C27H30N2O4/c30-25(16-17-27(32)33)29-23-15-9-12-21(18-23)24(20-10-5-4-6-11-20)19-26(31)28-22-13-7-2-1-3-8-14-22/h4-6,9-12,15-19,22H,1-3,7-8,13-14H2,(H,28,31)(H,29,30)(H,32,33)/b17-16-,24-19?. The van der Waals surface area contributed by atoms with Gasteiger partial charge in [-0.3, -0.25) is 9.59 Å². The fourth-order valence-electron chi connectivity index (χ4n) is 4.02. The highest BCUT2D eigenvalue weighted by Gasteiger charge is 2.15. The molecule has 33 heavy (non-hydrogen) atoms. The lowest BCUT2D eigenvalue weighted by molar-refractivity contribution is -0.131. The Kier molecular flexibility index (Phi) is 9.00. The largest absolute Gasteiger partial charge is 0.478 e. The molecule has 0 aliphatic heterocycles. The minimum atomic E-state index is -1.19. The molecule has 0 aromatic heterocycles. The molecular formula is C27H30N2O4. The predicted molar refractivity (Wildman–Crippen MR) is 130 cm³/mol. The predicted octanol–water partition coefficient (Wildman–Crippen LogP) is 4.93. The molecule has 172 valence electrons. The molecule has 2 amide bonds. The van der Waals surface area contributed by atoms with Crippen LogP contribution in [0.1, 0.15) is 56.1 Å². The molecule has 6 nitrogen and oxygen atoms in total. The van der Waals surface area contributed by atoms with Crippen molar-refractivity contribution in [2.24, 2.45) is 0 Å². The molecule has 3 rings (SSSR count). The number of hydrogen-bond donors (Lipinski definition) is 3. The van der Waals surface area contributed by atoms with Crippen molar-refractivity contribution in [3.05, 3.63) is 84.0 Å². The lowest BCUT2D eigenvalue weighted by atomic mass is 9.95. The van der Waals surface area contributed by atoms with Gasteiger partial charge in [-0.05, 0) is 41.7 Å². The van der Waals surface area contributed by atoms with Crippen molar-refractivity contribution >= 4 is 29.0 Å². The van der Waals surface area contributed by atoms with Crippen molar-refractivity contribution < 1.29 is 19.5 Å². The van der Waals surface area contributed by atoms with Crippen LogP contribution in [0.25, 0.3) is 5.57 Å². The van der Waals surface area contributed by atoms with E-state index in [0.29, 0.717) is 5.69 Å². The number of carboxylic acids is 1. The first-order chi connectivity index (χ1) is 16.0. The number of hydrogen-bond acceptors (Lipinski definition) is 3. The molecule has 0 heterocycles. The molecule has 1 aliphatic carbocycles. The Morgan fingerprint density at radius 2 is 1.45 bits per heavy atom. The molecule has 2 aromatic carbocycles. The molecule has 0 saturated heterocycles. The maximum absolute atomic E-state index is 13.0. The van der Waals surface area contributed by atoms with Crippen LogP contribution in [0, 0.1) is 0 Å². The summed E-state index contributed by atoms with van der Waals surface area (Å²) in [6, 6.07) is 17.0. The van der Waals surface area contributed by atoms with Crippen LogP contribution in [-0.2, 0) is 14.4 Å². The number of amides is 2.